The predicted molar refractivity (Wildman–Crippen MR) is 156 cm³/mol. The summed E-state index contributed by atoms with van der Waals surface area (Å²) >= 11 is 0. The number of hydrogen-bond donors (Lipinski definition) is 1. The van der Waals surface area contributed by atoms with Crippen molar-refractivity contribution in [3.63, 3.8) is 0 Å². The Bertz CT molecular complexity index is 1300. The topological polar surface area (TPSA) is 86.8 Å². The van der Waals surface area contributed by atoms with Crippen LogP contribution in [0, 0.1) is 6.92 Å². The molecule has 0 aliphatic carbocycles. The Morgan fingerprint density at radius 3 is 2.08 bits per heavy atom. The van der Waals surface area contributed by atoms with Crippen molar-refractivity contribution in [3.05, 3.63) is 96.1 Å². The van der Waals surface area contributed by atoms with Gasteiger partial charge in [0.1, 0.15) is 12.6 Å². The Labute approximate surface area is 232 Å². The lowest BCUT2D eigenvalue weighted by Gasteiger charge is -2.33. The van der Waals surface area contributed by atoms with Crippen LogP contribution in [0.4, 0.5) is 5.69 Å². The second-order valence-corrected chi connectivity index (χ2v) is 11.4. The number of anilines is 1. The molecule has 0 saturated carbocycles. The molecule has 0 saturated heterocycles. The molecule has 1 atom stereocenters. The summed E-state index contributed by atoms with van der Waals surface area (Å²) in [5.74, 6) is -0.650. The van der Waals surface area contributed by atoms with Gasteiger partial charge < -0.3 is 10.2 Å². The number of unbranched alkanes of at least 4 members (excludes halogenated alkanes) is 1. The van der Waals surface area contributed by atoms with Crippen molar-refractivity contribution < 1.29 is 18.0 Å². The maximum atomic E-state index is 14.0. The number of rotatable bonds is 14. The number of nitrogens with zero attached hydrogens (tertiary/aromatic N) is 2. The lowest BCUT2D eigenvalue weighted by molar-refractivity contribution is -0.139. The zero-order valence-corrected chi connectivity index (χ0v) is 23.9. The molecule has 0 aliphatic rings. The van der Waals surface area contributed by atoms with E-state index in [1.165, 1.54) is 4.90 Å². The van der Waals surface area contributed by atoms with Gasteiger partial charge in [0.2, 0.25) is 11.8 Å². The van der Waals surface area contributed by atoms with Gasteiger partial charge >= 0.3 is 0 Å². The van der Waals surface area contributed by atoms with Gasteiger partial charge in [-0.2, -0.15) is 0 Å². The highest BCUT2D eigenvalue weighted by Crippen LogP contribution is 2.24. The van der Waals surface area contributed by atoms with Crippen LogP contribution in [0.3, 0.4) is 0 Å². The van der Waals surface area contributed by atoms with Gasteiger partial charge in [0.25, 0.3) is 10.0 Å². The number of para-hydroxylation sites is 1. The summed E-state index contributed by atoms with van der Waals surface area (Å²) in [6.07, 6.45) is 2.74. The van der Waals surface area contributed by atoms with Gasteiger partial charge in [-0.1, -0.05) is 86.5 Å². The van der Waals surface area contributed by atoms with E-state index in [1.807, 2.05) is 51.1 Å². The molecule has 7 nitrogen and oxygen atoms in total. The van der Waals surface area contributed by atoms with Crippen LogP contribution in [0.1, 0.15) is 44.2 Å². The Morgan fingerprint density at radius 1 is 0.872 bits per heavy atom. The first kappa shape index (κ1) is 29.9. The molecule has 2 amide bonds. The van der Waals surface area contributed by atoms with Gasteiger partial charge in [0.15, 0.2) is 0 Å². The highest BCUT2D eigenvalue weighted by atomic mass is 32.2. The monoisotopic (exact) mass is 549 g/mol. The number of nitrogens with one attached hydrogen (secondary N) is 1. The Kier molecular flexibility index (Phi) is 11.1. The van der Waals surface area contributed by atoms with Crippen LogP contribution in [0.25, 0.3) is 0 Å². The first-order valence-corrected chi connectivity index (χ1v) is 15.0. The number of amides is 2. The molecule has 0 aliphatic heterocycles. The quantitative estimate of drug-likeness (QED) is 0.288. The Balaban J connectivity index is 1.95. The summed E-state index contributed by atoms with van der Waals surface area (Å²) in [6.45, 7) is 6.20. The van der Waals surface area contributed by atoms with Crippen molar-refractivity contribution in [2.75, 3.05) is 23.9 Å². The maximum Gasteiger partial charge on any atom is 0.264 e. The molecule has 3 rings (SSSR count). The first-order chi connectivity index (χ1) is 18.8. The minimum absolute atomic E-state index is 0.102. The lowest BCUT2D eigenvalue weighted by atomic mass is 10.1. The largest absolute Gasteiger partial charge is 0.354 e. The van der Waals surface area contributed by atoms with E-state index in [9.17, 15) is 18.0 Å². The van der Waals surface area contributed by atoms with E-state index >= 15 is 0 Å². The van der Waals surface area contributed by atoms with E-state index in [2.05, 4.69) is 5.32 Å². The third-order valence-electron chi connectivity index (χ3n) is 6.63. The van der Waals surface area contributed by atoms with Crippen LogP contribution in [0.5, 0.6) is 0 Å². The molecule has 208 valence electrons. The van der Waals surface area contributed by atoms with Gasteiger partial charge in [0, 0.05) is 13.1 Å². The minimum atomic E-state index is -4.05. The smallest absolute Gasteiger partial charge is 0.264 e. The third-order valence-corrected chi connectivity index (χ3v) is 8.42. The predicted octanol–water partition coefficient (Wildman–Crippen LogP) is 4.96. The van der Waals surface area contributed by atoms with Crippen molar-refractivity contribution in [2.24, 2.45) is 0 Å². The van der Waals surface area contributed by atoms with Crippen LogP contribution in [0.15, 0.2) is 89.8 Å². The van der Waals surface area contributed by atoms with Crippen LogP contribution in [0.2, 0.25) is 0 Å². The van der Waals surface area contributed by atoms with Crippen molar-refractivity contribution in [1.82, 2.24) is 10.2 Å². The van der Waals surface area contributed by atoms with Crippen LogP contribution in [-0.4, -0.2) is 50.8 Å². The fraction of sp³-hybridized carbons (Fsp3) is 0.355. The summed E-state index contributed by atoms with van der Waals surface area (Å²) in [4.78, 5) is 28.8. The maximum absolute atomic E-state index is 14.0. The highest BCUT2D eigenvalue weighted by molar-refractivity contribution is 7.92. The molecule has 0 heterocycles. The summed E-state index contributed by atoms with van der Waals surface area (Å²) in [5.41, 5.74) is 2.35. The molecular formula is C31H39N3O4S. The number of hydrogen-bond acceptors (Lipinski definition) is 4. The molecule has 0 unspecified atom stereocenters. The molecule has 1 N–H and O–H groups in total. The molecule has 0 radical (unpaired) electrons. The van der Waals surface area contributed by atoms with Crippen LogP contribution >= 0.6 is 0 Å². The van der Waals surface area contributed by atoms with E-state index in [1.54, 1.807) is 54.6 Å². The van der Waals surface area contributed by atoms with Gasteiger partial charge in [-0.3, -0.25) is 13.9 Å². The zero-order valence-electron chi connectivity index (χ0n) is 23.0. The van der Waals surface area contributed by atoms with Crippen molar-refractivity contribution in [2.45, 2.75) is 57.4 Å². The van der Waals surface area contributed by atoms with Crippen LogP contribution in [-0.2, 0) is 26.0 Å². The van der Waals surface area contributed by atoms with Gasteiger partial charge in [-0.25, -0.2) is 8.42 Å². The van der Waals surface area contributed by atoms with Crippen LogP contribution < -0.4 is 9.62 Å². The molecule has 3 aromatic rings. The normalized spacial score (nSPS) is 12.0. The second-order valence-electron chi connectivity index (χ2n) is 9.55. The fourth-order valence-electron chi connectivity index (χ4n) is 4.36. The van der Waals surface area contributed by atoms with Crippen molar-refractivity contribution in [3.8, 4) is 0 Å². The fourth-order valence-corrected chi connectivity index (χ4v) is 5.78. The molecule has 39 heavy (non-hydrogen) atoms. The summed E-state index contributed by atoms with van der Waals surface area (Å²) < 4.78 is 28.7. The molecule has 0 aromatic heterocycles. The lowest BCUT2D eigenvalue weighted by Crippen LogP contribution is -2.53. The van der Waals surface area contributed by atoms with Crippen molar-refractivity contribution in [1.29, 1.82) is 0 Å². The Hall–Kier alpha value is -3.65. The SMILES string of the molecule is CCCCNC(=O)[C@H](CC)N(CCc1ccccc1)C(=O)CN(c1ccccc1)S(=O)(=O)c1ccc(C)cc1. The average molecular weight is 550 g/mol. The van der Waals surface area contributed by atoms with E-state index in [0.29, 0.717) is 25.1 Å². The minimum Gasteiger partial charge on any atom is -0.354 e. The highest BCUT2D eigenvalue weighted by Gasteiger charge is 2.33. The molecule has 8 heteroatoms. The van der Waals surface area contributed by atoms with E-state index in [0.717, 1.165) is 28.3 Å². The van der Waals surface area contributed by atoms with Gasteiger partial charge in [-0.15, -0.1) is 0 Å². The Morgan fingerprint density at radius 2 is 1.49 bits per heavy atom. The molecular weight excluding hydrogens is 510 g/mol. The zero-order chi connectivity index (χ0) is 28.3. The second kappa shape index (κ2) is 14.5. The molecule has 0 spiro atoms. The third kappa shape index (κ3) is 8.17. The number of sulfonamides is 1. The molecule has 0 fully saturated rings. The van der Waals surface area contributed by atoms with E-state index in [-0.39, 0.29) is 17.3 Å². The molecule has 3 aromatic carbocycles. The van der Waals surface area contributed by atoms with Gasteiger partial charge in [0.05, 0.1) is 10.6 Å². The summed E-state index contributed by atoms with van der Waals surface area (Å²) in [6, 6.07) is 24.2. The van der Waals surface area contributed by atoms with Crippen molar-refractivity contribution >= 4 is 27.5 Å². The number of aryl methyl sites for hydroxylation is 1. The van der Waals surface area contributed by atoms with Gasteiger partial charge in [-0.05, 0) is 56.0 Å². The average Bonchev–Trinajstić information content (AvgIpc) is 2.95. The number of carbonyl (C=O) groups is 2. The number of benzene rings is 3. The number of carbonyl (C=O) groups excluding carboxylic acids is 2. The van der Waals surface area contributed by atoms with E-state index < -0.39 is 28.5 Å². The van der Waals surface area contributed by atoms with E-state index in [4.69, 9.17) is 0 Å². The summed E-state index contributed by atoms with van der Waals surface area (Å²) in [7, 11) is -4.05. The standard InChI is InChI=1S/C31H39N3O4S/c1-4-6-22-32-31(36)29(5-2)33(23-21-26-13-9-7-10-14-26)30(35)24-34(27-15-11-8-12-16-27)39(37,38)28-19-17-25(3)18-20-28/h7-20,29H,4-6,21-24H2,1-3H3,(H,32,36)/t29-/m0/s1. The molecule has 0 bridgehead atoms. The summed E-state index contributed by atoms with van der Waals surface area (Å²) in [5, 5.41) is 2.95. The first-order valence-electron chi connectivity index (χ1n) is 13.5.